The van der Waals surface area contributed by atoms with Crippen molar-refractivity contribution in [3.63, 3.8) is 0 Å². The lowest BCUT2D eigenvalue weighted by atomic mass is 9.82. The molecule has 2 heteroatoms. The molecule has 12 rings (SSSR count). The zero-order chi connectivity index (χ0) is 39.2. The smallest absolute Gasteiger partial charge is 0.137 e. The van der Waals surface area contributed by atoms with Crippen molar-refractivity contribution >= 4 is 49.4 Å². The summed E-state index contributed by atoms with van der Waals surface area (Å²) in [5, 5.41) is 7.21. The molecular weight excluding hydrogens is 715 g/mol. The summed E-state index contributed by atoms with van der Waals surface area (Å²) in [6.07, 6.45) is 0. The van der Waals surface area contributed by atoms with Gasteiger partial charge in [-0.15, -0.1) is 0 Å². The zero-order valence-electron chi connectivity index (χ0n) is 32.9. The first kappa shape index (κ1) is 33.7. The number of anilines is 3. The van der Waals surface area contributed by atoms with Crippen molar-refractivity contribution in [1.29, 1.82) is 0 Å². The van der Waals surface area contributed by atoms with Gasteiger partial charge >= 0.3 is 0 Å². The molecular formula is C57H39NO. The third kappa shape index (κ3) is 5.13. The van der Waals surface area contributed by atoms with Gasteiger partial charge in [0.25, 0.3) is 0 Å². The molecule has 2 aliphatic rings. The highest BCUT2D eigenvalue weighted by Gasteiger charge is 2.36. The summed E-state index contributed by atoms with van der Waals surface area (Å²) in [6.45, 7) is 4.71. The summed E-state index contributed by atoms with van der Waals surface area (Å²) in [7, 11) is 0. The van der Waals surface area contributed by atoms with E-state index in [9.17, 15) is 0 Å². The van der Waals surface area contributed by atoms with Crippen LogP contribution in [-0.2, 0) is 5.41 Å². The van der Waals surface area contributed by atoms with Crippen LogP contribution in [0.15, 0.2) is 200 Å². The van der Waals surface area contributed by atoms with Crippen LogP contribution in [0, 0.1) is 0 Å². The van der Waals surface area contributed by atoms with Crippen LogP contribution in [0.1, 0.15) is 25.0 Å². The van der Waals surface area contributed by atoms with E-state index in [1.54, 1.807) is 0 Å². The molecule has 1 aliphatic carbocycles. The molecule has 0 spiro atoms. The van der Waals surface area contributed by atoms with Crippen LogP contribution < -0.4 is 9.64 Å². The van der Waals surface area contributed by atoms with Crippen LogP contribution in [0.4, 0.5) is 17.1 Å². The monoisotopic (exact) mass is 753 g/mol. The number of rotatable bonds is 4. The Hall–Kier alpha value is -7.42. The van der Waals surface area contributed by atoms with E-state index in [-0.39, 0.29) is 5.41 Å². The molecule has 0 bridgehead atoms. The molecule has 0 saturated heterocycles. The summed E-state index contributed by atoms with van der Waals surface area (Å²) < 4.78 is 7.23. The fraction of sp³-hybridized carbons (Fsp3) is 0.0526. The van der Waals surface area contributed by atoms with Crippen molar-refractivity contribution in [2.75, 3.05) is 4.90 Å². The first-order valence-electron chi connectivity index (χ1n) is 20.5. The normalized spacial score (nSPS) is 13.2. The molecule has 0 N–H and O–H groups in total. The van der Waals surface area contributed by atoms with Crippen molar-refractivity contribution in [3.8, 4) is 56.0 Å². The van der Waals surface area contributed by atoms with Crippen molar-refractivity contribution < 1.29 is 4.74 Å². The summed E-state index contributed by atoms with van der Waals surface area (Å²) in [5.41, 5.74) is 15.3. The van der Waals surface area contributed by atoms with Gasteiger partial charge in [0, 0.05) is 44.9 Å². The lowest BCUT2D eigenvalue weighted by molar-refractivity contribution is 0.488. The molecule has 0 radical (unpaired) electrons. The molecule has 0 atom stereocenters. The van der Waals surface area contributed by atoms with Crippen molar-refractivity contribution in [2.24, 2.45) is 0 Å². The van der Waals surface area contributed by atoms with Gasteiger partial charge in [-0.05, 0) is 108 Å². The summed E-state index contributed by atoms with van der Waals surface area (Å²) in [6, 6.07) is 73.2. The van der Waals surface area contributed by atoms with Gasteiger partial charge in [0.1, 0.15) is 11.5 Å². The lowest BCUT2D eigenvalue weighted by Crippen LogP contribution is -2.16. The van der Waals surface area contributed by atoms with Gasteiger partial charge < -0.3 is 9.64 Å². The Kier molecular flexibility index (Phi) is 7.31. The summed E-state index contributed by atoms with van der Waals surface area (Å²) >= 11 is 0. The lowest BCUT2D eigenvalue weighted by Gasteiger charge is -2.30. The highest BCUT2D eigenvalue weighted by molar-refractivity contribution is 6.15. The van der Waals surface area contributed by atoms with E-state index in [1.807, 2.05) is 0 Å². The van der Waals surface area contributed by atoms with Crippen molar-refractivity contribution in [3.05, 3.63) is 211 Å². The maximum Gasteiger partial charge on any atom is 0.137 e. The number of hydrogen-bond donors (Lipinski definition) is 0. The number of nitrogens with zero attached hydrogens (tertiary/aromatic N) is 1. The van der Waals surface area contributed by atoms with E-state index in [2.05, 4.69) is 219 Å². The van der Waals surface area contributed by atoms with Crippen LogP contribution in [0.3, 0.4) is 0 Å². The average Bonchev–Trinajstić information content (AvgIpc) is 3.42. The molecule has 0 fully saturated rings. The number of ether oxygens (including phenoxy) is 1. The molecule has 1 heterocycles. The van der Waals surface area contributed by atoms with E-state index in [1.165, 1.54) is 65.9 Å². The Balaban J connectivity index is 1.14. The van der Waals surface area contributed by atoms with Gasteiger partial charge in [0.05, 0.1) is 5.69 Å². The highest BCUT2D eigenvalue weighted by Crippen LogP contribution is 2.55. The molecule has 10 aromatic rings. The van der Waals surface area contributed by atoms with Gasteiger partial charge in [0.15, 0.2) is 0 Å². The molecule has 2 nitrogen and oxygen atoms in total. The Bertz CT molecular complexity index is 3340. The fourth-order valence-corrected chi connectivity index (χ4v) is 9.98. The first-order valence-corrected chi connectivity index (χ1v) is 20.5. The minimum Gasteiger partial charge on any atom is -0.456 e. The molecule has 1 aliphatic heterocycles. The Morgan fingerprint density at radius 3 is 1.80 bits per heavy atom. The highest BCUT2D eigenvalue weighted by atomic mass is 16.5. The quantitative estimate of drug-likeness (QED) is 0.166. The Labute approximate surface area is 344 Å². The van der Waals surface area contributed by atoms with Crippen LogP contribution in [-0.4, -0.2) is 0 Å². The standard InChI is InChI=1S/C57H39NO/c1-57(2)51-26-13-12-22-45(51)46-29-27-40(34-52(46)57)58(53-32-39-19-8-9-20-42(39)44-21-10-11-23-47(44)53)41-28-30-49-55(35-41)59-54-33-38-18-7-6-17-37(38)31-50(54)48-25-14-24-43(56(48)49)36-15-4-3-5-16-36/h3-35H,1-2H3. The van der Waals surface area contributed by atoms with Crippen LogP contribution in [0.5, 0.6) is 11.5 Å². The maximum absolute atomic E-state index is 7.23. The van der Waals surface area contributed by atoms with E-state index in [4.69, 9.17) is 4.74 Å². The van der Waals surface area contributed by atoms with Crippen LogP contribution in [0.2, 0.25) is 0 Å². The SMILES string of the molecule is CC1(C)c2ccccc2-c2ccc(N(c3ccc4c(c3)Oc3cc5ccccc5cc3-c3cccc(-c5ccccc5)c3-4)c3cc4ccccc4c4ccccc34)cc21. The van der Waals surface area contributed by atoms with E-state index in [0.717, 1.165) is 50.6 Å². The minimum absolute atomic E-state index is 0.153. The molecule has 0 aromatic heterocycles. The fourth-order valence-electron chi connectivity index (χ4n) is 9.98. The third-order valence-corrected chi connectivity index (χ3v) is 12.8. The second kappa shape index (κ2) is 12.8. The van der Waals surface area contributed by atoms with Gasteiger partial charge in [-0.2, -0.15) is 0 Å². The van der Waals surface area contributed by atoms with Gasteiger partial charge in [-0.25, -0.2) is 0 Å². The topological polar surface area (TPSA) is 12.5 Å². The van der Waals surface area contributed by atoms with Crippen molar-refractivity contribution in [2.45, 2.75) is 19.3 Å². The largest absolute Gasteiger partial charge is 0.456 e. The maximum atomic E-state index is 7.23. The Morgan fingerprint density at radius 2 is 0.966 bits per heavy atom. The first-order chi connectivity index (χ1) is 29.0. The second-order valence-corrected chi connectivity index (χ2v) is 16.5. The molecule has 0 saturated carbocycles. The van der Waals surface area contributed by atoms with Crippen LogP contribution >= 0.6 is 0 Å². The van der Waals surface area contributed by atoms with Gasteiger partial charge in [-0.3, -0.25) is 0 Å². The average molecular weight is 754 g/mol. The molecule has 10 aromatic carbocycles. The second-order valence-electron chi connectivity index (χ2n) is 16.5. The number of hydrogen-bond acceptors (Lipinski definition) is 2. The predicted molar refractivity (Wildman–Crippen MR) is 248 cm³/mol. The molecule has 59 heavy (non-hydrogen) atoms. The van der Waals surface area contributed by atoms with E-state index in [0.29, 0.717) is 0 Å². The predicted octanol–water partition coefficient (Wildman–Crippen LogP) is 16.0. The molecule has 0 amide bonds. The van der Waals surface area contributed by atoms with Crippen molar-refractivity contribution in [1.82, 2.24) is 0 Å². The summed E-state index contributed by atoms with van der Waals surface area (Å²) in [5.74, 6) is 1.68. The number of fused-ring (bicyclic) bond motifs is 12. The number of benzene rings is 10. The van der Waals surface area contributed by atoms with E-state index < -0.39 is 0 Å². The Morgan fingerprint density at radius 1 is 0.373 bits per heavy atom. The summed E-state index contributed by atoms with van der Waals surface area (Å²) in [4.78, 5) is 2.45. The van der Waals surface area contributed by atoms with Gasteiger partial charge in [-0.1, -0.05) is 166 Å². The molecule has 278 valence electrons. The van der Waals surface area contributed by atoms with Gasteiger partial charge in [0.2, 0.25) is 0 Å². The molecule has 0 unspecified atom stereocenters. The van der Waals surface area contributed by atoms with Crippen LogP contribution in [0.25, 0.3) is 76.8 Å². The zero-order valence-corrected chi connectivity index (χ0v) is 32.9. The third-order valence-electron chi connectivity index (χ3n) is 12.8. The van der Waals surface area contributed by atoms with E-state index >= 15 is 0 Å². The minimum atomic E-state index is -0.153.